The maximum atomic E-state index is 12.1. The molecule has 3 nitrogen and oxygen atoms in total. The molecule has 0 fully saturated rings. The molecule has 0 heterocycles. The second-order valence-corrected chi connectivity index (χ2v) is 4.68. The van der Waals surface area contributed by atoms with E-state index in [1.807, 2.05) is 26.0 Å². The first kappa shape index (κ1) is 12.8. The monoisotopic (exact) mass is 242 g/mol. The molecule has 0 unspecified atom stereocenters. The first-order valence-corrected chi connectivity index (χ1v) is 5.93. The van der Waals surface area contributed by atoms with Gasteiger partial charge in [-0.2, -0.15) is 0 Å². The second kappa shape index (κ2) is 4.92. The van der Waals surface area contributed by atoms with Crippen LogP contribution >= 0.6 is 0 Å². The number of ketones is 1. The van der Waals surface area contributed by atoms with Gasteiger partial charge in [0.25, 0.3) is 0 Å². The summed E-state index contributed by atoms with van der Waals surface area (Å²) in [7, 11) is -1.52. The van der Waals surface area contributed by atoms with Gasteiger partial charge in [-0.15, -0.1) is 0 Å². The maximum absolute atomic E-state index is 12.1. The standard InChI is InChI=1S/C14H15BO3/c1-9(2)14(16)12-5-3-4-10-6-7-11(15(17)18)8-13(10)12/h3-9,17-18H,1-2H3. The average molecular weight is 242 g/mol. The SMILES string of the molecule is CC(C)C(=O)c1cccc2ccc(B(O)O)cc12. The average Bonchev–Trinajstić information content (AvgIpc) is 2.36. The van der Waals surface area contributed by atoms with Crippen molar-refractivity contribution in [2.45, 2.75) is 13.8 Å². The molecule has 0 bridgehead atoms. The quantitative estimate of drug-likeness (QED) is 0.631. The summed E-state index contributed by atoms with van der Waals surface area (Å²) in [5.74, 6) is -0.0246. The van der Waals surface area contributed by atoms with Crippen molar-refractivity contribution in [3.05, 3.63) is 42.0 Å². The van der Waals surface area contributed by atoms with Gasteiger partial charge < -0.3 is 10.0 Å². The van der Waals surface area contributed by atoms with Crippen LogP contribution in [0, 0.1) is 5.92 Å². The highest BCUT2D eigenvalue weighted by Gasteiger charge is 2.16. The molecule has 92 valence electrons. The van der Waals surface area contributed by atoms with E-state index in [0.29, 0.717) is 11.0 Å². The fraction of sp³-hybridized carbons (Fsp3) is 0.214. The number of carbonyl (C=O) groups excluding carboxylic acids is 1. The van der Waals surface area contributed by atoms with Gasteiger partial charge in [-0.3, -0.25) is 4.79 Å². The Kier molecular flexibility index (Phi) is 3.50. The van der Waals surface area contributed by atoms with Crippen LogP contribution in [-0.2, 0) is 0 Å². The van der Waals surface area contributed by atoms with E-state index >= 15 is 0 Å². The third kappa shape index (κ3) is 2.30. The molecule has 0 saturated carbocycles. The summed E-state index contributed by atoms with van der Waals surface area (Å²) >= 11 is 0. The normalized spacial score (nSPS) is 10.9. The van der Waals surface area contributed by atoms with E-state index in [2.05, 4.69) is 0 Å². The van der Waals surface area contributed by atoms with Crippen LogP contribution in [0.2, 0.25) is 0 Å². The molecule has 0 spiro atoms. The molecule has 0 saturated heterocycles. The van der Waals surface area contributed by atoms with E-state index < -0.39 is 7.12 Å². The summed E-state index contributed by atoms with van der Waals surface area (Å²) in [6, 6.07) is 10.6. The van der Waals surface area contributed by atoms with Crippen molar-refractivity contribution in [1.82, 2.24) is 0 Å². The molecule has 2 aromatic carbocycles. The van der Waals surface area contributed by atoms with Crippen LogP contribution in [0.1, 0.15) is 24.2 Å². The highest BCUT2D eigenvalue weighted by Crippen LogP contribution is 2.20. The number of fused-ring (bicyclic) bond motifs is 1. The molecule has 0 radical (unpaired) electrons. The number of hydrogen-bond donors (Lipinski definition) is 2. The number of benzene rings is 2. The minimum atomic E-state index is -1.52. The van der Waals surface area contributed by atoms with E-state index in [1.165, 1.54) is 0 Å². The minimum absolute atomic E-state index is 0.0604. The van der Waals surface area contributed by atoms with Crippen molar-refractivity contribution in [2.75, 3.05) is 0 Å². The first-order chi connectivity index (χ1) is 8.50. The third-order valence-electron chi connectivity index (χ3n) is 2.99. The van der Waals surface area contributed by atoms with E-state index in [1.54, 1.807) is 24.3 Å². The van der Waals surface area contributed by atoms with Gasteiger partial charge >= 0.3 is 7.12 Å². The van der Waals surface area contributed by atoms with Gasteiger partial charge in [-0.25, -0.2) is 0 Å². The zero-order chi connectivity index (χ0) is 13.3. The molecule has 18 heavy (non-hydrogen) atoms. The van der Waals surface area contributed by atoms with Gasteiger partial charge in [0.2, 0.25) is 0 Å². The third-order valence-corrected chi connectivity index (χ3v) is 2.99. The van der Waals surface area contributed by atoms with Crippen LogP contribution in [-0.4, -0.2) is 22.9 Å². The lowest BCUT2D eigenvalue weighted by molar-refractivity contribution is 0.0941. The molecular weight excluding hydrogens is 227 g/mol. The van der Waals surface area contributed by atoms with Crippen LogP contribution in [0.3, 0.4) is 0 Å². The molecule has 0 aromatic heterocycles. The Hall–Kier alpha value is -1.65. The van der Waals surface area contributed by atoms with E-state index in [4.69, 9.17) is 0 Å². The number of hydrogen-bond acceptors (Lipinski definition) is 3. The van der Waals surface area contributed by atoms with Crippen molar-refractivity contribution < 1.29 is 14.8 Å². The fourth-order valence-corrected chi connectivity index (χ4v) is 1.98. The van der Waals surface area contributed by atoms with E-state index in [9.17, 15) is 14.8 Å². The van der Waals surface area contributed by atoms with Crippen molar-refractivity contribution in [2.24, 2.45) is 5.92 Å². The molecule has 0 aliphatic heterocycles. The van der Waals surface area contributed by atoms with Gasteiger partial charge in [0.05, 0.1) is 0 Å². The van der Waals surface area contributed by atoms with Crippen molar-refractivity contribution in [3.63, 3.8) is 0 Å². The molecule has 0 amide bonds. The lowest BCUT2D eigenvalue weighted by atomic mass is 9.78. The molecule has 0 atom stereocenters. The molecule has 0 aliphatic rings. The number of rotatable bonds is 3. The molecular formula is C14H15BO3. The van der Waals surface area contributed by atoms with Crippen molar-refractivity contribution in [1.29, 1.82) is 0 Å². The van der Waals surface area contributed by atoms with Crippen LogP contribution < -0.4 is 5.46 Å². The second-order valence-electron chi connectivity index (χ2n) is 4.68. The Balaban J connectivity index is 2.66. The summed E-state index contributed by atoms with van der Waals surface area (Å²) in [6.07, 6.45) is 0. The minimum Gasteiger partial charge on any atom is -0.423 e. The van der Waals surface area contributed by atoms with Gasteiger partial charge in [0.15, 0.2) is 5.78 Å². The van der Waals surface area contributed by atoms with E-state index in [0.717, 1.165) is 10.8 Å². The number of Topliss-reactive ketones (excluding diaryl/α,β-unsaturated/α-hetero) is 1. The Morgan fingerprint density at radius 1 is 1.17 bits per heavy atom. The smallest absolute Gasteiger partial charge is 0.423 e. The fourth-order valence-electron chi connectivity index (χ4n) is 1.98. The van der Waals surface area contributed by atoms with Gasteiger partial charge in [0, 0.05) is 11.5 Å². The van der Waals surface area contributed by atoms with Crippen molar-refractivity contribution in [3.8, 4) is 0 Å². The van der Waals surface area contributed by atoms with Crippen LogP contribution in [0.5, 0.6) is 0 Å². The van der Waals surface area contributed by atoms with Crippen molar-refractivity contribution >= 4 is 29.1 Å². The molecule has 2 N–H and O–H groups in total. The number of carbonyl (C=O) groups is 1. The van der Waals surface area contributed by atoms with E-state index in [-0.39, 0.29) is 11.7 Å². The highest BCUT2D eigenvalue weighted by atomic mass is 16.4. The summed E-state index contributed by atoms with van der Waals surface area (Å²) in [5, 5.41) is 20.1. The Morgan fingerprint density at radius 3 is 2.50 bits per heavy atom. The lowest BCUT2D eigenvalue weighted by Gasteiger charge is -2.09. The van der Waals surface area contributed by atoms with Crippen LogP contribution in [0.4, 0.5) is 0 Å². The molecule has 4 heteroatoms. The largest absolute Gasteiger partial charge is 0.488 e. The summed E-state index contributed by atoms with van der Waals surface area (Å²) in [6.45, 7) is 3.71. The lowest BCUT2D eigenvalue weighted by Crippen LogP contribution is -2.29. The summed E-state index contributed by atoms with van der Waals surface area (Å²) < 4.78 is 0. The van der Waals surface area contributed by atoms with Crippen LogP contribution in [0.25, 0.3) is 10.8 Å². The van der Waals surface area contributed by atoms with Gasteiger partial charge in [-0.05, 0) is 16.2 Å². The summed E-state index contributed by atoms with van der Waals surface area (Å²) in [4.78, 5) is 12.1. The maximum Gasteiger partial charge on any atom is 0.488 e. The first-order valence-electron chi connectivity index (χ1n) is 5.93. The zero-order valence-electron chi connectivity index (χ0n) is 10.4. The molecule has 2 rings (SSSR count). The Bertz CT molecular complexity index is 591. The predicted molar refractivity (Wildman–Crippen MR) is 72.9 cm³/mol. The predicted octanol–water partition coefficient (Wildman–Crippen LogP) is 1.36. The van der Waals surface area contributed by atoms with Gasteiger partial charge in [-0.1, -0.05) is 50.2 Å². The highest BCUT2D eigenvalue weighted by molar-refractivity contribution is 6.59. The topological polar surface area (TPSA) is 57.5 Å². The Labute approximate surface area is 106 Å². The van der Waals surface area contributed by atoms with Gasteiger partial charge in [0.1, 0.15) is 0 Å². The Morgan fingerprint density at radius 2 is 1.89 bits per heavy atom. The van der Waals surface area contributed by atoms with Crippen LogP contribution in [0.15, 0.2) is 36.4 Å². The molecule has 2 aromatic rings. The summed E-state index contributed by atoms with van der Waals surface area (Å²) in [5.41, 5.74) is 1.02. The zero-order valence-corrected chi connectivity index (χ0v) is 10.4. The molecule has 0 aliphatic carbocycles.